The molecule has 0 saturated heterocycles. The summed E-state index contributed by atoms with van der Waals surface area (Å²) in [6.45, 7) is 4.40. The molecule has 2 atom stereocenters. The van der Waals surface area contributed by atoms with Gasteiger partial charge in [-0.2, -0.15) is 0 Å². The van der Waals surface area contributed by atoms with Gasteiger partial charge < -0.3 is 19.3 Å². The summed E-state index contributed by atoms with van der Waals surface area (Å²) in [5, 5.41) is 9.55. The van der Waals surface area contributed by atoms with Gasteiger partial charge >= 0.3 is 0 Å². The van der Waals surface area contributed by atoms with Crippen molar-refractivity contribution in [1.82, 2.24) is 0 Å². The molecule has 144 valence electrons. The number of hydrogen-bond acceptors (Lipinski definition) is 4. The van der Waals surface area contributed by atoms with Crippen LogP contribution in [0.3, 0.4) is 0 Å². The first-order valence-electron chi connectivity index (χ1n) is 9.49. The molecule has 0 aliphatic heterocycles. The molecule has 0 fully saturated rings. The first-order valence-corrected chi connectivity index (χ1v) is 9.49. The van der Waals surface area contributed by atoms with Crippen LogP contribution in [0.2, 0.25) is 0 Å². The third-order valence-electron chi connectivity index (χ3n) is 5.20. The van der Waals surface area contributed by atoms with Crippen LogP contribution in [-0.2, 0) is 14.2 Å². The summed E-state index contributed by atoms with van der Waals surface area (Å²) in [5.41, 5.74) is 1.14. The Labute approximate surface area is 153 Å². The number of hydrogen-bond donors (Lipinski definition) is 1. The molecule has 1 aromatic carbocycles. The zero-order valence-corrected chi connectivity index (χ0v) is 16.6. The lowest BCUT2D eigenvalue weighted by molar-refractivity contribution is -0.382. The zero-order chi connectivity index (χ0) is 18.7. The van der Waals surface area contributed by atoms with Crippen molar-refractivity contribution in [3.8, 4) is 5.75 Å². The summed E-state index contributed by atoms with van der Waals surface area (Å²) in [6, 6.07) is 7.36. The third kappa shape index (κ3) is 6.28. The lowest BCUT2D eigenvalue weighted by Crippen LogP contribution is -2.46. The smallest absolute Gasteiger partial charge is 0.285 e. The molecule has 0 saturated carbocycles. The Balaban J connectivity index is 2.84. The number of ether oxygens (including phenoxy) is 3. The van der Waals surface area contributed by atoms with Crippen LogP contribution in [0.15, 0.2) is 24.3 Å². The predicted octanol–water partition coefficient (Wildman–Crippen LogP) is 5.46. The molecular formula is C21H36O4. The molecule has 4 nitrogen and oxygen atoms in total. The Bertz CT molecular complexity index is 445. The van der Waals surface area contributed by atoms with Crippen LogP contribution in [-0.4, -0.2) is 32.4 Å². The van der Waals surface area contributed by atoms with Crippen LogP contribution in [0, 0.1) is 5.92 Å². The van der Waals surface area contributed by atoms with Gasteiger partial charge in [0.25, 0.3) is 5.97 Å². The van der Waals surface area contributed by atoms with Gasteiger partial charge in [0.05, 0.1) is 0 Å². The Morgan fingerprint density at radius 2 is 1.40 bits per heavy atom. The zero-order valence-electron chi connectivity index (χ0n) is 16.6. The van der Waals surface area contributed by atoms with E-state index in [1.165, 1.54) is 32.1 Å². The summed E-state index contributed by atoms with van der Waals surface area (Å²) in [7, 11) is 4.89. The van der Waals surface area contributed by atoms with Gasteiger partial charge in [0.2, 0.25) is 0 Å². The van der Waals surface area contributed by atoms with E-state index in [2.05, 4.69) is 13.8 Å². The molecule has 0 radical (unpaired) electrons. The minimum atomic E-state index is -1.05. The molecule has 25 heavy (non-hydrogen) atoms. The summed E-state index contributed by atoms with van der Waals surface area (Å²) in [4.78, 5) is 0. The monoisotopic (exact) mass is 352 g/mol. The number of methoxy groups -OCH3 is 3. The third-order valence-corrected chi connectivity index (χ3v) is 5.20. The van der Waals surface area contributed by atoms with Crippen LogP contribution in [0.5, 0.6) is 5.75 Å². The van der Waals surface area contributed by atoms with E-state index >= 15 is 0 Å². The largest absolute Gasteiger partial charge is 0.508 e. The van der Waals surface area contributed by atoms with E-state index < -0.39 is 5.97 Å². The first kappa shape index (κ1) is 21.9. The van der Waals surface area contributed by atoms with E-state index in [0.29, 0.717) is 0 Å². The second-order valence-corrected chi connectivity index (χ2v) is 6.76. The van der Waals surface area contributed by atoms with Crippen molar-refractivity contribution >= 4 is 0 Å². The predicted molar refractivity (Wildman–Crippen MR) is 102 cm³/mol. The topological polar surface area (TPSA) is 47.9 Å². The first-order chi connectivity index (χ1) is 12.0. The Kier molecular flexibility index (Phi) is 10.1. The second-order valence-electron chi connectivity index (χ2n) is 6.76. The molecule has 0 heterocycles. The summed E-state index contributed by atoms with van der Waals surface area (Å²) in [5.74, 6) is -0.542. The number of benzene rings is 1. The maximum Gasteiger partial charge on any atom is 0.285 e. The van der Waals surface area contributed by atoms with Crippen molar-refractivity contribution in [2.45, 2.75) is 70.7 Å². The Hall–Kier alpha value is -1.10. The Morgan fingerprint density at radius 1 is 0.880 bits per heavy atom. The van der Waals surface area contributed by atoms with Crippen molar-refractivity contribution in [3.05, 3.63) is 29.8 Å². The van der Waals surface area contributed by atoms with Crippen molar-refractivity contribution in [3.63, 3.8) is 0 Å². The molecule has 0 aliphatic carbocycles. The maximum atomic E-state index is 9.55. The van der Waals surface area contributed by atoms with Crippen molar-refractivity contribution in [2.75, 3.05) is 21.3 Å². The van der Waals surface area contributed by atoms with E-state index in [1.807, 2.05) is 12.1 Å². The van der Waals surface area contributed by atoms with Gasteiger partial charge in [0, 0.05) is 27.2 Å². The molecule has 4 heteroatoms. The molecule has 0 aromatic heterocycles. The number of phenolic OH excluding ortho intramolecular Hbond substituents is 1. The lowest BCUT2D eigenvalue weighted by atomic mass is 9.82. The minimum absolute atomic E-state index is 0.0585. The highest BCUT2D eigenvalue weighted by molar-refractivity contribution is 5.28. The standard InChI is InChI=1S/C21H36O4/c1-6-7-8-9-10-11-12-20(21(23-3,24-4)25-5)17(2)18-13-15-19(22)16-14-18/h13-17,20,22H,6-12H2,1-5H3. The molecule has 2 unspecified atom stereocenters. The van der Waals surface area contributed by atoms with Crippen LogP contribution in [0.25, 0.3) is 0 Å². The van der Waals surface area contributed by atoms with Crippen LogP contribution < -0.4 is 0 Å². The Morgan fingerprint density at radius 3 is 1.92 bits per heavy atom. The average Bonchev–Trinajstić information content (AvgIpc) is 2.64. The quantitative estimate of drug-likeness (QED) is 0.378. The van der Waals surface area contributed by atoms with Gasteiger partial charge in [-0.05, 0) is 30.0 Å². The number of rotatable bonds is 13. The van der Waals surface area contributed by atoms with Crippen molar-refractivity contribution < 1.29 is 19.3 Å². The van der Waals surface area contributed by atoms with E-state index in [4.69, 9.17) is 14.2 Å². The van der Waals surface area contributed by atoms with Gasteiger partial charge in [-0.3, -0.25) is 0 Å². The highest BCUT2D eigenvalue weighted by atomic mass is 16.9. The van der Waals surface area contributed by atoms with E-state index in [-0.39, 0.29) is 17.6 Å². The van der Waals surface area contributed by atoms with Gasteiger partial charge in [0.1, 0.15) is 5.75 Å². The fraction of sp³-hybridized carbons (Fsp3) is 0.714. The van der Waals surface area contributed by atoms with Crippen LogP contribution >= 0.6 is 0 Å². The highest BCUT2D eigenvalue weighted by Crippen LogP contribution is 2.39. The fourth-order valence-corrected chi connectivity index (χ4v) is 3.59. The number of phenols is 1. The molecule has 0 bridgehead atoms. The molecule has 1 rings (SSSR count). The average molecular weight is 353 g/mol. The minimum Gasteiger partial charge on any atom is -0.508 e. The van der Waals surface area contributed by atoms with Crippen LogP contribution in [0.1, 0.15) is 70.3 Å². The van der Waals surface area contributed by atoms with Crippen molar-refractivity contribution in [2.24, 2.45) is 5.92 Å². The fourth-order valence-electron chi connectivity index (χ4n) is 3.59. The molecule has 1 aromatic rings. The number of aromatic hydroxyl groups is 1. The molecule has 0 spiro atoms. The molecule has 1 N–H and O–H groups in total. The van der Waals surface area contributed by atoms with Crippen LogP contribution in [0.4, 0.5) is 0 Å². The maximum absolute atomic E-state index is 9.55. The molecule has 0 amide bonds. The number of unbranched alkanes of at least 4 members (excludes halogenated alkanes) is 5. The highest BCUT2D eigenvalue weighted by Gasteiger charge is 2.43. The SMILES string of the molecule is CCCCCCCCC(C(C)c1ccc(O)cc1)C(OC)(OC)OC. The van der Waals surface area contributed by atoms with E-state index in [1.54, 1.807) is 33.5 Å². The van der Waals surface area contributed by atoms with E-state index in [0.717, 1.165) is 18.4 Å². The summed E-state index contributed by atoms with van der Waals surface area (Å²) >= 11 is 0. The summed E-state index contributed by atoms with van der Waals surface area (Å²) in [6.07, 6.45) is 8.45. The van der Waals surface area contributed by atoms with Gasteiger partial charge in [-0.1, -0.05) is 64.5 Å². The molecular weight excluding hydrogens is 316 g/mol. The van der Waals surface area contributed by atoms with Crippen molar-refractivity contribution in [1.29, 1.82) is 0 Å². The molecule has 0 aliphatic rings. The van der Waals surface area contributed by atoms with E-state index in [9.17, 15) is 5.11 Å². The van der Waals surface area contributed by atoms with Gasteiger partial charge in [-0.25, -0.2) is 0 Å². The van der Waals surface area contributed by atoms with Gasteiger partial charge in [-0.15, -0.1) is 0 Å². The van der Waals surface area contributed by atoms with Gasteiger partial charge in [0.15, 0.2) is 0 Å². The lowest BCUT2D eigenvalue weighted by Gasteiger charge is -2.39. The summed E-state index contributed by atoms with van der Waals surface area (Å²) < 4.78 is 17.0. The second kappa shape index (κ2) is 11.5. The normalized spacial score (nSPS) is 14.4.